The highest BCUT2D eigenvalue weighted by Crippen LogP contribution is 2.49. The molecule has 9 atom stereocenters. The van der Waals surface area contributed by atoms with Crippen LogP contribution >= 0.6 is 0 Å². The maximum atomic E-state index is 12.0. The number of rotatable bonds is 5. The maximum absolute atomic E-state index is 12.0. The molecule has 3 aliphatic heterocycles. The minimum absolute atomic E-state index is 0.0598. The number of aliphatic hydroxyl groups excluding tert-OH is 4. The predicted octanol–water partition coefficient (Wildman–Crippen LogP) is -2.30. The van der Waals surface area contributed by atoms with Crippen molar-refractivity contribution in [3.8, 4) is 0 Å². The lowest BCUT2D eigenvalue weighted by atomic mass is 9.84. The van der Waals surface area contributed by atoms with Gasteiger partial charge in [-0.1, -0.05) is 0 Å². The average molecular weight is 414 g/mol. The molecule has 4 rings (SSSR count). The van der Waals surface area contributed by atoms with Crippen LogP contribution in [0.4, 0.5) is 0 Å². The second-order valence-electron chi connectivity index (χ2n) is 7.35. The Morgan fingerprint density at radius 3 is 2.59 bits per heavy atom. The summed E-state index contributed by atoms with van der Waals surface area (Å²) < 4.78 is 27.0. The lowest BCUT2D eigenvalue weighted by Gasteiger charge is -2.42. The van der Waals surface area contributed by atoms with E-state index in [9.17, 15) is 30.0 Å². The first kappa shape index (κ1) is 20.3. The second-order valence-corrected chi connectivity index (χ2v) is 7.35. The molecular weight excluding hydrogens is 392 g/mol. The van der Waals surface area contributed by atoms with Crippen molar-refractivity contribution in [3.63, 3.8) is 0 Å². The summed E-state index contributed by atoms with van der Waals surface area (Å²) in [5, 5.41) is 39.4. The Kier molecular flexibility index (Phi) is 5.36. The third kappa shape index (κ3) is 3.43. The van der Waals surface area contributed by atoms with Crippen molar-refractivity contribution in [3.05, 3.63) is 23.5 Å². The van der Waals surface area contributed by atoms with Gasteiger partial charge in [-0.25, -0.2) is 4.79 Å². The highest BCUT2D eigenvalue weighted by molar-refractivity contribution is 5.92. The van der Waals surface area contributed by atoms with E-state index >= 15 is 0 Å². The quantitative estimate of drug-likeness (QED) is 0.283. The van der Waals surface area contributed by atoms with Crippen LogP contribution in [0, 0.1) is 11.8 Å². The Bertz CT molecular complexity index is 744. The zero-order valence-electron chi connectivity index (χ0n) is 15.4. The third-order valence-corrected chi connectivity index (χ3v) is 5.57. The lowest BCUT2D eigenvalue weighted by molar-refractivity contribution is -0.339. The van der Waals surface area contributed by atoms with Gasteiger partial charge in [-0.05, 0) is 11.6 Å². The van der Waals surface area contributed by atoms with Crippen molar-refractivity contribution in [1.29, 1.82) is 0 Å². The number of ether oxygens (including phenoxy) is 5. The molecule has 1 aliphatic carbocycles. The number of hydrogen-bond acceptors (Lipinski definition) is 11. The first-order chi connectivity index (χ1) is 13.8. The van der Waals surface area contributed by atoms with Crippen molar-refractivity contribution in [2.24, 2.45) is 11.8 Å². The van der Waals surface area contributed by atoms with Crippen LogP contribution in [-0.4, -0.2) is 88.7 Å². The van der Waals surface area contributed by atoms with Gasteiger partial charge < -0.3 is 44.1 Å². The van der Waals surface area contributed by atoms with E-state index in [1.165, 1.54) is 13.2 Å². The summed E-state index contributed by atoms with van der Waals surface area (Å²) >= 11 is 0. The molecule has 2 saturated heterocycles. The van der Waals surface area contributed by atoms with Gasteiger partial charge in [-0.15, -0.1) is 0 Å². The molecule has 11 nitrogen and oxygen atoms in total. The molecule has 6 unspecified atom stereocenters. The summed E-state index contributed by atoms with van der Waals surface area (Å²) in [4.78, 5) is 23.2. The van der Waals surface area contributed by atoms with E-state index in [-0.39, 0.29) is 6.61 Å². The summed E-state index contributed by atoms with van der Waals surface area (Å²) in [6.07, 6.45) is -6.03. The Labute approximate surface area is 165 Å². The fourth-order valence-corrected chi connectivity index (χ4v) is 4.12. The minimum Gasteiger partial charge on any atom is -0.471 e. The molecule has 4 aliphatic rings. The largest absolute Gasteiger partial charge is 0.471 e. The average Bonchev–Trinajstić information content (AvgIpc) is 3.20. The first-order valence-corrected chi connectivity index (χ1v) is 9.18. The summed E-state index contributed by atoms with van der Waals surface area (Å²) in [5.41, 5.74) is 0.936. The van der Waals surface area contributed by atoms with Gasteiger partial charge in [0.15, 0.2) is 6.29 Å². The standard InChI is InChI=1S/C18H22O11/c1-6(20)25-4-7-2-9-12-8(16(24)27-9)5-26-17(11(7)12)29-18-15(23)14(22)13(21)10(3-19)28-18/h2,5,9-15,17-19,21-23H,3-4H2,1H3/t9-,10?,11+,12-,13?,14?,15?,17?,18?/m0/s1. The van der Waals surface area contributed by atoms with E-state index in [1.807, 2.05) is 0 Å². The molecule has 2 fully saturated rings. The van der Waals surface area contributed by atoms with Crippen molar-refractivity contribution >= 4 is 11.9 Å². The zero-order chi connectivity index (χ0) is 20.9. The van der Waals surface area contributed by atoms with E-state index in [4.69, 9.17) is 23.7 Å². The fourth-order valence-electron chi connectivity index (χ4n) is 4.12. The molecule has 160 valence electrons. The predicted molar refractivity (Wildman–Crippen MR) is 89.4 cm³/mol. The van der Waals surface area contributed by atoms with Crippen molar-refractivity contribution in [2.45, 2.75) is 50.0 Å². The SMILES string of the molecule is CC(=O)OCC1=C[C@@H]2OC(=O)C3=COC(OC4OC(CO)C(O)C(O)C4O)[C@H]1[C@@H]32. The number of esters is 2. The monoisotopic (exact) mass is 414 g/mol. The van der Waals surface area contributed by atoms with Crippen molar-refractivity contribution in [2.75, 3.05) is 13.2 Å². The molecule has 0 radical (unpaired) electrons. The first-order valence-electron chi connectivity index (χ1n) is 9.18. The lowest BCUT2D eigenvalue weighted by Crippen LogP contribution is -2.60. The molecule has 29 heavy (non-hydrogen) atoms. The molecule has 0 bridgehead atoms. The molecule has 0 amide bonds. The Balaban J connectivity index is 1.56. The van der Waals surface area contributed by atoms with Crippen molar-refractivity contribution < 1.29 is 53.7 Å². The van der Waals surface area contributed by atoms with Crippen LogP contribution in [0.15, 0.2) is 23.5 Å². The van der Waals surface area contributed by atoms with E-state index in [1.54, 1.807) is 6.08 Å². The van der Waals surface area contributed by atoms with E-state index < -0.39 is 73.5 Å². The smallest absolute Gasteiger partial charge is 0.338 e. The summed E-state index contributed by atoms with van der Waals surface area (Å²) in [6.45, 7) is 0.602. The molecular formula is C18H22O11. The molecule has 0 aromatic rings. The van der Waals surface area contributed by atoms with Gasteiger partial charge in [0.05, 0.1) is 24.4 Å². The van der Waals surface area contributed by atoms with Gasteiger partial charge in [-0.2, -0.15) is 0 Å². The normalized spacial score (nSPS) is 43.1. The van der Waals surface area contributed by atoms with Gasteiger partial charge in [0.2, 0.25) is 6.29 Å². The Morgan fingerprint density at radius 2 is 1.90 bits per heavy atom. The van der Waals surface area contributed by atoms with E-state index in [0.717, 1.165) is 0 Å². The van der Waals surface area contributed by atoms with Crippen LogP contribution in [0.1, 0.15) is 6.92 Å². The van der Waals surface area contributed by atoms with Crippen LogP contribution in [0.25, 0.3) is 0 Å². The Hall–Kier alpha value is -2.02. The molecule has 4 N–H and O–H groups in total. The molecule has 3 heterocycles. The molecule has 0 spiro atoms. The molecule has 0 aromatic heterocycles. The van der Waals surface area contributed by atoms with Crippen LogP contribution in [0.2, 0.25) is 0 Å². The number of aliphatic hydroxyl groups is 4. The molecule has 0 saturated carbocycles. The summed E-state index contributed by atoms with van der Waals surface area (Å²) in [7, 11) is 0. The topological polar surface area (TPSA) is 161 Å². The maximum Gasteiger partial charge on any atom is 0.338 e. The van der Waals surface area contributed by atoms with E-state index in [0.29, 0.717) is 11.1 Å². The molecule has 11 heteroatoms. The summed E-state index contributed by atoms with van der Waals surface area (Å²) in [5.74, 6) is -1.99. The third-order valence-electron chi connectivity index (χ3n) is 5.57. The van der Waals surface area contributed by atoms with Crippen molar-refractivity contribution in [1.82, 2.24) is 0 Å². The Morgan fingerprint density at radius 1 is 1.14 bits per heavy atom. The van der Waals surface area contributed by atoms with Gasteiger partial charge in [0.1, 0.15) is 37.1 Å². The molecule has 0 aromatic carbocycles. The van der Waals surface area contributed by atoms with Gasteiger partial charge in [0, 0.05) is 12.8 Å². The van der Waals surface area contributed by atoms with Crippen LogP contribution in [-0.2, 0) is 33.3 Å². The number of carbonyl (C=O) groups excluding carboxylic acids is 2. The van der Waals surface area contributed by atoms with Crippen LogP contribution in [0.5, 0.6) is 0 Å². The number of hydrogen-bond donors (Lipinski definition) is 4. The summed E-state index contributed by atoms with van der Waals surface area (Å²) in [6, 6.07) is 0. The highest BCUT2D eigenvalue weighted by Gasteiger charge is 2.56. The van der Waals surface area contributed by atoms with Gasteiger partial charge in [-0.3, -0.25) is 4.79 Å². The van der Waals surface area contributed by atoms with Gasteiger partial charge >= 0.3 is 11.9 Å². The number of carbonyl (C=O) groups is 2. The second kappa shape index (κ2) is 7.67. The highest BCUT2D eigenvalue weighted by atomic mass is 16.8. The van der Waals surface area contributed by atoms with E-state index in [2.05, 4.69) is 0 Å². The van der Waals surface area contributed by atoms with Crippen LogP contribution < -0.4 is 0 Å². The minimum atomic E-state index is -1.61. The van der Waals surface area contributed by atoms with Crippen LogP contribution in [0.3, 0.4) is 0 Å². The van der Waals surface area contributed by atoms with Gasteiger partial charge in [0.25, 0.3) is 0 Å². The zero-order valence-corrected chi connectivity index (χ0v) is 15.4. The fraction of sp³-hybridized carbons (Fsp3) is 0.667.